The summed E-state index contributed by atoms with van der Waals surface area (Å²) < 4.78 is 25.5. The van der Waals surface area contributed by atoms with Crippen LogP contribution in [-0.4, -0.2) is 62.7 Å². The van der Waals surface area contributed by atoms with Crippen molar-refractivity contribution in [1.29, 1.82) is 0 Å². The summed E-state index contributed by atoms with van der Waals surface area (Å²) >= 11 is 0. The fourth-order valence-electron chi connectivity index (χ4n) is 3.62. The monoisotopic (exact) mass is 358 g/mol. The molecule has 0 saturated carbocycles. The maximum atomic E-state index is 12.7. The molecule has 1 aromatic rings. The summed E-state index contributed by atoms with van der Waals surface area (Å²) in [4.78, 5) is 5.28. The summed E-state index contributed by atoms with van der Waals surface area (Å²) in [5.41, 5.74) is 0. The van der Waals surface area contributed by atoms with Crippen LogP contribution in [-0.2, 0) is 9.84 Å². The molecule has 1 aromatic carbocycles. The van der Waals surface area contributed by atoms with Crippen molar-refractivity contribution in [3.05, 3.63) is 30.3 Å². The molecule has 0 bridgehead atoms. The van der Waals surface area contributed by atoms with Crippen LogP contribution in [0.2, 0.25) is 0 Å². The Hall–Kier alpha value is -0.620. The van der Waals surface area contributed by atoms with E-state index in [1.807, 2.05) is 6.07 Å². The fourth-order valence-corrected chi connectivity index (χ4v) is 5.21. The lowest BCUT2D eigenvalue weighted by Crippen LogP contribution is -2.46. The molecule has 1 unspecified atom stereocenters. The van der Waals surface area contributed by atoms with E-state index in [0.717, 1.165) is 32.7 Å². The third kappa shape index (κ3) is 4.92. The molecule has 4 nitrogen and oxygen atoms in total. The molecule has 3 rings (SSSR count). The minimum atomic E-state index is -3.21. The Morgan fingerprint density at radius 2 is 1.48 bits per heavy atom. The lowest BCUT2D eigenvalue weighted by atomic mass is 10.2. The first-order valence-corrected chi connectivity index (χ1v) is 10.0. The smallest absolute Gasteiger partial charge is 0.179 e. The molecule has 0 N–H and O–H groups in total. The molecule has 2 fully saturated rings. The first-order valence-electron chi connectivity index (χ1n) is 8.39. The van der Waals surface area contributed by atoms with Crippen LogP contribution in [0.3, 0.4) is 0 Å². The summed E-state index contributed by atoms with van der Waals surface area (Å²) in [6.07, 6.45) is 4.89. The Labute approximate surface area is 146 Å². The van der Waals surface area contributed by atoms with Crippen molar-refractivity contribution in [2.45, 2.75) is 36.6 Å². The molecule has 0 amide bonds. The van der Waals surface area contributed by atoms with Crippen LogP contribution in [0.15, 0.2) is 35.2 Å². The highest BCUT2D eigenvalue weighted by Crippen LogP contribution is 2.20. The lowest BCUT2D eigenvalue weighted by Gasteiger charge is -2.31. The summed E-state index contributed by atoms with van der Waals surface area (Å²) in [5.74, 6) is 0.244. The highest BCUT2D eigenvalue weighted by atomic mass is 35.5. The predicted octanol–water partition coefficient (Wildman–Crippen LogP) is 2.44. The minimum Gasteiger partial charge on any atom is -0.302 e. The quantitative estimate of drug-likeness (QED) is 0.783. The van der Waals surface area contributed by atoms with Crippen molar-refractivity contribution in [2.75, 3.05) is 38.5 Å². The van der Waals surface area contributed by atoms with Gasteiger partial charge in [-0.2, -0.15) is 0 Å². The second kappa shape index (κ2) is 8.47. The van der Waals surface area contributed by atoms with Gasteiger partial charge in [0.05, 0.1) is 10.6 Å². The molecule has 0 radical (unpaired) electrons. The van der Waals surface area contributed by atoms with E-state index in [4.69, 9.17) is 0 Å². The van der Waals surface area contributed by atoms with Gasteiger partial charge in [0.25, 0.3) is 0 Å². The van der Waals surface area contributed by atoms with Gasteiger partial charge in [-0.3, -0.25) is 4.90 Å². The van der Waals surface area contributed by atoms with Crippen LogP contribution in [0, 0.1) is 0 Å². The molecular formula is C17H27ClN2O2S. The second-order valence-electron chi connectivity index (χ2n) is 6.50. The van der Waals surface area contributed by atoms with Gasteiger partial charge in [-0.15, -0.1) is 12.4 Å². The van der Waals surface area contributed by atoms with Crippen molar-refractivity contribution in [3.8, 4) is 0 Å². The van der Waals surface area contributed by atoms with E-state index >= 15 is 0 Å². The van der Waals surface area contributed by atoms with Crippen LogP contribution in [0.4, 0.5) is 0 Å². The van der Waals surface area contributed by atoms with Crippen molar-refractivity contribution in [3.63, 3.8) is 0 Å². The zero-order valence-electron chi connectivity index (χ0n) is 13.6. The summed E-state index contributed by atoms with van der Waals surface area (Å²) in [6.45, 7) is 5.23. The number of rotatable bonds is 6. The maximum Gasteiger partial charge on any atom is 0.179 e. The van der Waals surface area contributed by atoms with Gasteiger partial charge in [0.1, 0.15) is 0 Å². The van der Waals surface area contributed by atoms with Crippen LogP contribution in [0.1, 0.15) is 25.7 Å². The van der Waals surface area contributed by atoms with Gasteiger partial charge in [-0.1, -0.05) is 18.2 Å². The Kier molecular flexibility index (Phi) is 6.89. The van der Waals surface area contributed by atoms with Gasteiger partial charge in [0.15, 0.2) is 9.84 Å². The van der Waals surface area contributed by atoms with E-state index in [2.05, 4.69) is 9.80 Å². The Morgan fingerprint density at radius 3 is 2.09 bits per heavy atom. The van der Waals surface area contributed by atoms with Gasteiger partial charge >= 0.3 is 0 Å². The molecule has 0 aliphatic carbocycles. The Morgan fingerprint density at radius 1 is 0.913 bits per heavy atom. The highest BCUT2D eigenvalue weighted by molar-refractivity contribution is 7.91. The first kappa shape index (κ1) is 18.7. The van der Waals surface area contributed by atoms with Gasteiger partial charge in [-0.25, -0.2) is 8.42 Å². The van der Waals surface area contributed by atoms with E-state index < -0.39 is 9.84 Å². The molecule has 130 valence electrons. The van der Waals surface area contributed by atoms with E-state index in [9.17, 15) is 8.42 Å². The first-order chi connectivity index (χ1) is 10.6. The fraction of sp³-hybridized carbons (Fsp3) is 0.647. The van der Waals surface area contributed by atoms with E-state index in [1.165, 1.54) is 25.7 Å². The molecule has 23 heavy (non-hydrogen) atoms. The molecule has 2 saturated heterocycles. The van der Waals surface area contributed by atoms with Crippen LogP contribution < -0.4 is 0 Å². The number of halogens is 1. The third-order valence-electron chi connectivity index (χ3n) is 4.84. The molecule has 1 atom stereocenters. The summed E-state index contributed by atoms with van der Waals surface area (Å²) in [6, 6.07) is 9.03. The van der Waals surface area contributed by atoms with Crippen molar-refractivity contribution in [1.82, 2.24) is 9.80 Å². The maximum absolute atomic E-state index is 12.7. The lowest BCUT2D eigenvalue weighted by molar-refractivity contribution is 0.193. The van der Waals surface area contributed by atoms with Crippen LogP contribution in [0.25, 0.3) is 0 Å². The number of likely N-dealkylation sites (tertiary alicyclic amines) is 2. The molecule has 2 heterocycles. The largest absolute Gasteiger partial charge is 0.302 e. The van der Waals surface area contributed by atoms with E-state index in [1.54, 1.807) is 24.3 Å². The van der Waals surface area contributed by atoms with Crippen molar-refractivity contribution < 1.29 is 8.42 Å². The molecular weight excluding hydrogens is 332 g/mol. The zero-order valence-corrected chi connectivity index (χ0v) is 15.2. The normalized spacial score (nSPS) is 21.2. The Balaban J connectivity index is 0.00000192. The van der Waals surface area contributed by atoms with E-state index in [-0.39, 0.29) is 24.2 Å². The van der Waals surface area contributed by atoms with Gasteiger partial charge < -0.3 is 4.90 Å². The SMILES string of the molecule is Cl.O=S(=O)(CC(CN1CCCC1)N1CCCC1)c1ccccc1. The van der Waals surface area contributed by atoms with Gasteiger partial charge in [0, 0.05) is 12.6 Å². The molecule has 0 aromatic heterocycles. The summed E-state index contributed by atoms with van der Waals surface area (Å²) in [5, 5.41) is 0. The highest BCUT2D eigenvalue weighted by Gasteiger charge is 2.30. The average Bonchev–Trinajstić information content (AvgIpc) is 3.21. The standard InChI is InChI=1S/C17H26N2O2S.ClH/c20-22(21,17-8-2-1-3-9-17)15-16(19-12-6-7-13-19)14-18-10-4-5-11-18;/h1-3,8-9,16H,4-7,10-15H2;1H. The van der Waals surface area contributed by atoms with Crippen LogP contribution >= 0.6 is 12.4 Å². The topological polar surface area (TPSA) is 40.6 Å². The molecule has 6 heteroatoms. The summed E-state index contributed by atoms with van der Waals surface area (Å²) in [7, 11) is -3.21. The van der Waals surface area contributed by atoms with E-state index in [0.29, 0.717) is 4.90 Å². The third-order valence-corrected chi connectivity index (χ3v) is 6.65. The number of nitrogens with zero attached hydrogens (tertiary/aromatic N) is 2. The second-order valence-corrected chi connectivity index (χ2v) is 8.53. The molecule has 0 spiro atoms. The molecule has 2 aliphatic rings. The van der Waals surface area contributed by atoms with Crippen molar-refractivity contribution in [2.24, 2.45) is 0 Å². The van der Waals surface area contributed by atoms with Crippen molar-refractivity contribution >= 4 is 22.2 Å². The molecule has 2 aliphatic heterocycles. The zero-order chi connectivity index (χ0) is 15.4. The van der Waals surface area contributed by atoms with Gasteiger partial charge in [0.2, 0.25) is 0 Å². The predicted molar refractivity (Wildman–Crippen MR) is 96.0 cm³/mol. The number of hydrogen-bond acceptors (Lipinski definition) is 4. The average molecular weight is 359 g/mol. The minimum absolute atomic E-state index is 0. The van der Waals surface area contributed by atoms with Crippen LogP contribution in [0.5, 0.6) is 0 Å². The number of hydrogen-bond donors (Lipinski definition) is 0. The number of sulfone groups is 1. The number of benzene rings is 1. The Bertz CT molecular complexity index is 568. The van der Waals surface area contributed by atoms with Gasteiger partial charge in [-0.05, 0) is 64.0 Å².